The Hall–Kier alpha value is -2.64. The minimum absolute atomic E-state index is 0.119. The summed E-state index contributed by atoms with van der Waals surface area (Å²) in [4.78, 5) is 26.3. The maximum atomic E-state index is 13.3. The van der Waals surface area contributed by atoms with Crippen LogP contribution in [0.4, 0.5) is 0 Å². The normalized spacial score (nSPS) is 20.8. The van der Waals surface area contributed by atoms with Gasteiger partial charge < -0.3 is 45.1 Å². The second-order valence-corrected chi connectivity index (χ2v) is 18.0. The van der Waals surface area contributed by atoms with Gasteiger partial charge in [-0.15, -0.1) is 0 Å². The van der Waals surface area contributed by atoms with Crippen LogP contribution in [0.2, 0.25) is 0 Å². The van der Waals surface area contributed by atoms with Crippen LogP contribution in [0.15, 0.2) is 60.8 Å². The molecule has 65 heavy (non-hydrogen) atoms. The average molecular weight is 918 g/mol. The van der Waals surface area contributed by atoms with E-state index in [1.54, 1.807) is 6.08 Å². The van der Waals surface area contributed by atoms with Crippen LogP contribution >= 0.6 is 0 Å². The molecule has 1 heterocycles. The summed E-state index contributed by atoms with van der Waals surface area (Å²) >= 11 is 0. The molecule has 1 aliphatic rings. The predicted octanol–water partition coefficient (Wildman–Crippen LogP) is 10.7. The molecular weight excluding hydrogens is 823 g/mol. The summed E-state index contributed by atoms with van der Waals surface area (Å²) in [6.07, 6.45) is 40.0. The number of esters is 1. The highest BCUT2D eigenvalue weighted by Gasteiger charge is 2.47. The van der Waals surface area contributed by atoms with E-state index in [-0.39, 0.29) is 19.4 Å². The van der Waals surface area contributed by atoms with Crippen molar-refractivity contribution in [3.8, 4) is 0 Å². The van der Waals surface area contributed by atoms with Gasteiger partial charge in [-0.05, 0) is 44.9 Å². The quantitative estimate of drug-likeness (QED) is 0.0150. The van der Waals surface area contributed by atoms with E-state index in [0.29, 0.717) is 12.8 Å². The molecule has 1 amide bonds. The maximum absolute atomic E-state index is 13.3. The highest BCUT2D eigenvalue weighted by Crippen LogP contribution is 2.26. The molecule has 11 heteroatoms. The van der Waals surface area contributed by atoms with Crippen molar-refractivity contribution in [2.24, 2.45) is 0 Å². The zero-order chi connectivity index (χ0) is 47.6. The molecule has 0 aromatic heterocycles. The van der Waals surface area contributed by atoms with Gasteiger partial charge in [0, 0.05) is 6.42 Å². The summed E-state index contributed by atoms with van der Waals surface area (Å²) in [5, 5.41) is 56.5. The van der Waals surface area contributed by atoms with Gasteiger partial charge in [0.1, 0.15) is 24.4 Å². The highest BCUT2D eigenvalue weighted by molar-refractivity contribution is 5.80. The van der Waals surface area contributed by atoms with Gasteiger partial charge in [-0.25, -0.2) is 0 Å². The molecule has 6 N–H and O–H groups in total. The van der Waals surface area contributed by atoms with Crippen molar-refractivity contribution in [3.63, 3.8) is 0 Å². The van der Waals surface area contributed by atoms with E-state index < -0.39 is 67.4 Å². The molecule has 0 radical (unpaired) electrons. The number of aliphatic hydroxyl groups is 5. The molecule has 1 aliphatic heterocycles. The fourth-order valence-electron chi connectivity index (χ4n) is 7.84. The molecule has 8 unspecified atom stereocenters. The van der Waals surface area contributed by atoms with Gasteiger partial charge in [0.2, 0.25) is 5.91 Å². The summed E-state index contributed by atoms with van der Waals surface area (Å²) in [5.41, 5.74) is 0. The van der Waals surface area contributed by atoms with E-state index in [2.05, 4.69) is 32.2 Å². The van der Waals surface area contributed by atoms with Gasteiger partial charge in [0.05, 0.1) is 25.4 Å². The summed E-state index contributed by atoms with van der Waals surface area (Å²) in [6.45, 7) is 5.57. The fraction of sp³-hybridized carbons (Fsp3) is 0.778. The molecule has 0 aromatic rings. The molecule has 0 aromatic carbocycles. The van der Waals surface area contributed by atoms with Gasteiger partial charge in [-0.2, -0.15) is 0 Å². The molecule has 0 aliphatic carbocycles. The molecule has 1 fully saturated rings. The summed E-state index contributed by atoms with van der Waals surface area (Å²) in [7, 11) is 0. The van der Waals surface area contributed by atoms with Crippen LogP contribution in [0.3, 0.4) is 0 Å². The third-order valence-corrected chi connectivity index (χ3v) is 12.0. The Balaban J connectivity index is 2.83. The van der Waals surface area contributed by atoms with E-state index in [9.17, 15) is 35.1 Å². The first-order valence-electron chi connectivity index (χ1n) is 26.1. The van der Waals surface area contributed by atoms with Crippen molar-refractivity contribution < 1.29 is 49.3 Å². The van der Waals surface area contributed by atoms with Crippen molar-refractivity contribution >= 4 is 11.9 Å². The lowest BCUT2D eigenvalue weighted by molar-refractivity contribution is -0.305. The van der Waals surface area contributed by atoms with Crippen LogP contribution in [0.25, 0.3) is 0 Å². The summed E-state index contributed by atoms with van der Waals surface area (Å²) in [6, 6.07) is -1.04. The van der Waals surface area contributed by atoms with Crippen LogP contribution in [0.1, 0.15) is 207 Å². The van der Waals surface area contributed by atoms with Crippen LogP contribution in [-0.4, -0.2) is 99.6 Å². The van der Waals surface area contributed by atoms with Crippen molar-refractivity contribution in [3.05, 3.63) is 60.8 Å². The highest BCUT2D eigenvalue weighted by atomic mass is 16.7. The first kappa shape index (κ1) is 60.4. The van der Waals surface area contributed by atoms with Crippen LogP contribution in [0.5, 0.6) is 0 Å². The third kappa shape index (κ3) is 31.9. The van der Waals surface area contributed by atoms with Crippen LogP contribution in [-0.2, 0) is 23.8 Å². The number of aliphatic hydroxyl groups excluding tert-OH is 5. The second kappa shape index (κ2) is 42.7. The molecular formula is C54H95NO10. The molecule has 0 bridgehead atoms. The molecule has 8 atom stereocenters. The standard InChI is InChI=1S/C54H95NO10/c1-4-7-10-13-16-19-22-24-27-28-31-34-37-40-46(57)45(55-53(62)47(58)41-38-35-32-29-26-23-20-17-14-11-8-5-2)44-63-54-52(51(61)50(60)48(43-56)64-54)65-49(59)42-39-36-33-30-25-21-18-15-12-9-6-3/h8,11,14,17,20,23,26,29,37,40,45-48,50-52,54,56-58,60-61H,4-7,9-10,12-13,15-16,18-19,21-22,24-25,27-28,30-36,38-39,41-44H2,1-3H3,(H,55,62)/b11-8+,17-14+,23-20-,29-26-,40-37+. The van der Waals surface area contributed by atoms with Gasteiger partial charge in [-0.3, -0.25) is 9.59 Å². The Labute approximate surface area is 395 Å². The van der Waals surface area contributed by atoms with Gasteiger partial charge >= 0.3 is 5.97 Å². The minimum atomic E-state index is -1.62. The number of carbonyl (C=O) groups is 2. The van der Waals surface area contributed by atoms with E-state index in [4.69, 9.17) is 14.2 Å². The molecule has 11 nitrogen and oxygen atoms in total. The number of carbonyl (C=O) groups excluding carboxylic acids is 2. The first-order valence-corrected chi connectivity index (χ1v) is 26.1. The zero-order valence-corrected chi connectivity index (χ0v) is 41.1. The van der Waals surface area contributed by atoms with Crippen molar-refractivity contribution in [1.82, 2.24) is 5.32 Å². The number of ether oxygens (including phenoxy) is 3. The maximum Gasteiger partial charge on any atom is 0.306 e. The minimum Gasteiger partial charge on any atom is -0.454 e. The lowest BCUT2D eigenvalue weighted by Crippen LogP contribution is -2.61. The monoisotopic (exact) mass is 918 g/mol. The van der Waals surface area contributed by atoms with Gasteiger partial charge in [0.25, 0.3) is 0 Å². The summed E-state index contributed by atoms with van der Waals surface area (Å²) in [5.74, 6) is -1.24. The predicted molar refractivity (Wildman–Crippen MR) is 264 cm³/mol. The SMILES string of the molecule is CC/C=C/C=C/C=C\C=C/CCCCC(O)C(=O)NC(COC1OC(CO)C(O)C(O)C1OC(=O)CCCCCCCCCCCCC)C(O)/C=C/CCCCCCCCCCCCC. The van der Waals surface area contributed by atoms with E-state index in [1.807, 2.05) is 48.6 Å². The number of amides is 1. The van der Waals surface area contributed by atoms with E-state index in [0.717, 1.165) is 57.8 Å². The van der Waals surface area contributed by atoms with Crippen LogP contribution in [0, 0.1) is 0 Å². The number of allylic oxidation sites excluding steroid dienone is 9. The van der Waals surface area contributed by atoms with Crippen LogP contribution < -0.4 is 5.32 Å². The second-order valence-electron chi connectivity index (χ2n) is 18.0. The number of unbranched alkanes of at least 4 members (excludes halogenated alkanes) is 23. The van der Waals surface area contributed by atoms with Gasteiger partial charge in [0.15, 0.2) is 12.4 Å². The number of rotatable bonds is 42. The lowest BCUT2D eigenvalue weighted by atomic mass is 9.99. The number of hydrogen-bond donors (Lipinski definition) is 6. The van der Waals surface area contributed by atoms with E-state index >= 15 is 0 Å². The Morgan fingerprint density at radius 2 is 1.11 bits per heavy atom. The molecule has 1 saturated heterocycles. The largest absolute Gasteiger partial charge is 0.454 e. The van der Waals surface area contributed by atoms with Crippen molar-refractivity contribution in [2.75, 3.05) is 13.2 Å². The van der Waals surface area contributed by atoms with Gasteiger partial charge in [-0.1, -0.05) is 216 Å². The Bertz CT molecular complexity index is 1280. The Morgan fingerprint density at radius 3 is 1.66 bits per heavy atom. The third-order valence-electron chi connectivity index (χ3n) is 12.0. The topological polar surface area (TPSA) is 175 Å². The van der Waals surface area contributed by atoms with Crippen molar-refractivity contribution in [1.29, 1.82) is 0 Å². The Morgan fingerprint density at radius 1 is 0.615 bits per heavy atom. The average Bonchev–Trinajstić information content (AvgIpc) is 3.30. The first-order chi connectivity index (χ1) is 31.7. The zero-order valence-electron chi connectivity index (χ0n) is 41.1. The number of nitrogens with one attached hydrogen (secondary N) is 1. The summed E-state index contributed by atoms with van der Waals surface area (Å²) < 4.78 is 17.5. The Kier molecular flexibility index (Phi) is 39.7. The lowest BCUT2D eigenvalue weighted by Gasteiger charge is -2.41. The molecule has 0 saturated carbocycles. The fourth-order valence-corrected chi connectivity index (χ4v) is 7.84. The molecule has 0 spiro atoms. The molecule has 1 rings (SSSR count). The van der Waals surface area contributed by atoms with E-state index in [1.165, 1.54) is 103 Å². The number of hydrogen-bond acceptors (Lipinski definition) is 10. The molecule has 376 valence electrons. The smallest absolute Gasteiger partial charge is 0.306 e. The van der Waals surface area contributed by atoms with Crippen molar-refractivity contribution in [2.45, 2.75) is 256 Å².